The maximum absolute atomic E-state index is 13.1. The van der Waals surface area contributed by atoms with Gasteiger partial charge in [0.05, 0.1) is 10.9 Å². The van der Waals surface area contributed by atoms with E-state index in [1.54, 1.807) is 17.1 Å². The summed E-state index contributed by atoms with van der Waals surface area (Å²) in [5.74, 6) is 2.08. The zero-order valence-electron chi connectivity index (χ0n) is 19.5. The summed E-state index contributed by atoms with van der Waals surface area (Å²) in [5, 5.41) is 7.38. The molecule has 8 nitrogen and oxygen atoms in total. The van der Waals surface area contributed by atoms with E-state index < -0.39 is 0 Å². The number of fused-ring (bicyclic) bond motifs is 2. The molecule has 8 heteroatoms. The van der Waals surface area contributed by atoms with Gasteiger partial charge >= 0.3 is 0 Å². The molecule has 1 aromatic carbocycles. The Morgan fingerprint density at radius 3 is 2.76 bits per heavy atom. The molecule has 0 saturated carbocycles. The van der Waals surface area contributed by atoms with Crippen LogP contribution in [0.4, 0.5) is 11.5 Å². The van der Waals surface area contributed by atoms with Crippen molar-refractivity contribution in [3.8, 4) is 5.82 Å². The molecular formula is C25H29N7O. The maximum Gasteiger partial charge on any atom is 0.276 e. The van der Waals surface area contributed by atoms with Crippen LogP contribution in [-0.2, 0) is 24.9 Å². The number of pyridine rings is 1. The van der Waals surface area contributed by atoms with Crippen LogP contribution in [0.1, 0.15) is 44.6 Å². The molecule has 170 valence electrons. The molecule has 4 aromatic rings. The Balaban J connectivity index is 1.60. The van der Waals surface area contributed by atoms with E-state index in [2.05, 4.69) is 59.6 Å². The second-order valence-electron chi connectivity index (χ2n) is 9.44. The fraction of sp³-hybridized carbons (Fsp3) is 0.360. The van der Waals surface area contributed by atoms with Crippen molar-refractivity contribution >= 4 is 22.4 Å². The van der Waals surface area contributed by atoms with Crippen LogP contribution < -0.4 is 16.2 Å². The van der Waals surface area contributed by atoms with Crippen LogP contribution in [0.15, 0.2) is 47.5 Å². The Hall–Kier alpha value is -3.52. The fourth-order valence-electron chi connectivity index (χ4n) is 4.28. The summed E-state index contributed by atoms with van der Waals surface area (Å²) >= 11 is 0. The number of nitrogens with zero attached hydrogens (tertiary/aromatic N) is 5. The van der Waals surface area contributed by atoms with Gasteiger partial charge in [-0.05, 0) is 43.1 Å². The standard InChI is InChI=1S/C25H29N7O/c1-5-31-23(33)19-15-28-21(29-18-7-6-17-14-26-10-8-16(17)12-18)13-20(19)32(31)22-9-11-27-24(30-22)25(2,3)4/h6-7,9,11-13,15,26H,5,8,10,14H2,1-4H3,(H,28,29). The Labute approximate surface area is 192 Å². The molecule has 33 heavy (non-hydrogen) atoms. The quantitative estimate of drug-likeness (QED) is 0.500. The van der Waals surface area contributed by atoms with E-state index in [4.69, 9.17) is 4.98 Å². The summed E-state index contributed by atoms with van der Waals surface area (Å²) < 4.78 is 3.57. The van der Waals surface area contributed by atoms with Gasteiger partial charge in [0.1, 0.15) is 11.6 Å². The van der Waals surface area contributed by atoms with Gasteiger partial charge < -0.3 is 10.6 Å². The molecule has 0 saturated heterocycles. The second-order valence-corrected chi connectivity index (χ2v) is 9.44. The SMILES string of the molecule is CCn1c(=O)c2cnc(Nc3ccc4c(c3)CCNC4)cc2n1-c1ccnc(C(C)(C)C)n1. The van der Waals surface area contributed by atoms with Gasteiger partial charge in [-0.15, -0.1) is 0 Å². The highest BCUT2D eigenvalue weighted by Gasteiger charge is 2.21. The van der Waals surface area contributed by atoms with Gasteiger partial charge in [0.15, 0.2) is 5.82 Å². The Kier molecular flexibility index (Phi) is 5.25. The van der Waals surface area contributed by atoms with E-state index in [0.717, 1.165) is 36.5 Å². The fourth-order valence-corrected chi connectivity index (χ4v) is 4.28. The van der Waals surface area contributed by atoms with Crippen molar-refractivity contribution in [1.82, 2.24) is 29.6 Å². The van der Waals surface area contributed by atoms with E-state index in [1.807, 2.05) is 23.7 Å². The van der Waals surface area contributed by atoms with Crippen LogP contribution in [0.25, 0.3) is 16.7 Å². The van der Waals surface area contributed by atoms with Crippen molar-refractivity contribution in [3.63, 3.8) is 0 Å². The molecule has 0 aliphatic carbocycles. The van der Waals surface area contributed by atoms with Crippen molar-refractivity contribution in [2.45, 2.75) is 52.6 Å². The van der Waals surface area contributed by atoms with E-state index in [1.165, 1.54) is 11.1 Å². The van der Waals surface area contributed by atoms with Crippen LogP contribution in [0.3, 0.4) is 0 Å². The van der Waals surface area contributed by atoms with Gasteiger partial charge in [0.2, 0.25) is 0 Å². The highest BCUT2D eigenvalue weighted by atomic mass is 16.1. The van der Waals surface area contributed by atoms with Crippen LogP contribution >= 0.6 is 0 Å². The number of hydrogen-bond donors (Lipinski definition) is 2. The summed E-state index contributed by atoms with van der Waals surface area (Å²) in [6.07, 6.45) is 4.42. The minimum absolute atomic E-state index is 0.0799. The molecule has 0 radical (unpaired) electrons. The number of benzene rings is 1. The summed E-state index contributed by atoms with van der Waals surface area (Å²) in [4.78, 5) is 26.9. The van der Waals surface area contributed by atoms with E-state index in [9.17, 15) is 4.79 Å². The molecule has 4 heterocycles. The number of aromatic nitrogens is 5. The average molecular weight is 444 g/mol. The molecule has 5 rings (SSSR count). The first-order chi connectivity index (χ1) is 15.8. The molecule has 0 unspecified atom stereocenters. The number of anilines is 2. The lowest BCUT2D eigenvalue weighted by Gasteiger charge is -2.18. The Morgan fingerprint density at radius 2 is 1.97 bits per heavy atom. The van der Waals surface area contributed by atoms with Crippen LogP contribution in [0.5, 0.6) is 0 Å². The van der Waals surface area contributed by atoms with Crippen LogP contribution in [0.2, 0.25) is 0 Å². The first kappa shape index (κ1) is 21.3. The van der Waals surface area contributed by atoms with Gasteiger partial charge in [0.25, 0.3) is 5.56 Å². The summed E-state index contributed by atoms with van der Waals surface area (Å²) in [7, 11) is 0. The summed E-state index contributed by atoms with van der Waals surface area (Å²) in [6, 6.07) is 10.2. The van der Waals surface area contributed by atoms with E-state index in [-0.39, 0.29) is 11.0 Å². The third-order valence-electron chi connectivity index (χ3n) is 6.01. The minimum Gasteiger partial charge on any atom is -0.340 e. The number of nitrogens with one attached hydrogen (secondary N) is 2. The third-order valence-corrected chi connectivity index (χ3v) is 6.01. The van der Waals surface area contributed by atoms with E-state index in [0.29, 0.717) is 23.6 Å². The first-order valence-corrected chi connectivity index (χ1v) is 11.4. The average Bonchev–Trinajstić information content (AvgIpc) is 3.09. The third kappa shape index (κ3) is 3.91. The van der Waals surface area contributed by atoms with Gasteiger partial charge in [0, 0.05) is 48.7 Å². The number of rotatable bonds is 4. The van der Waals surface area contributed by atoms with Crippen molar-refractivity contribution in [3.05, 3.63) is 70.0 Å². The molecule has 0 amide bonds. The lowest BCUT2D eigenvalue weighted by atomic mass is 9.96. The largest absolute Gasteiger partial charge is 0.340 e. The predicted molar refractivity (Wildman–Crippen MR) is 130 cm³/mol. The zero-order chi connectivity index (χ0) is 23.2. The van der Waals surface area contributed by atoms with Crippen molar-refractivity contribution in [2.75, 3.05) is 11.9 Å². The molecular weight excluding hydrogens is 414 g/mol. The summed E-state index contributed by atoms with van der Waals surface area (Å²) in [6.45, 7) is 10.6. The topological polar surface area (TPSA) is 89.7 Å². The number of hydrogen-bond acceptors (Lipinski definition) is 6. The molecule has 0 spiro atoms. The molecule has 0 fully saturated rings. The smallest absolute Gasteiger partial charge is 0.276 e. The zero-order valence-corrected chi connectivity index (χ0v) is 19.5. The highest BCUT2D eigenvalue weighted by molar-refractivity contribution is 5.82. The Morgan fingerprint density at radius 1 is 1.12 bits per heavy atom. The molecule has 3 aromatic heterocycles. The van der Waals surface area contributed by atoms with Gasteiger partial charge in [-0.1, -0.05) is 26.8 Å². The second kappa shape index (κ2) is 8.12. The lowest BCUT2D eigenvalue weighted by molar-refractivity contribution is 0.529. The van der Waals surface area contributed by atoms with E-state index >= 15 is 0 Å². The first-order valence-electron chi connectivity index (χ1n) is 11.4. The molecule has 0 atom stereocenters. The van der Waals surface area contributed by atoms with Crippen molar-refractivity contribution in [2.24, 2.45) is 0 Å². The van der Waals surface area contributed by atoms with Crippen molar-refractivity contribution in [1.29, 1.82) is 0 Å². The summed E-state index contributed by atoms with van der Waals surface area (Å²) in [5.41, 5.74) is 4.16. The van der Waals surface area contributed by atoms with Gasteiger partial charge in [-0.2, -0.15) is 0 Å². The maximum atomic E-state index is 13.1. The Bertz CT molecular complexity index is 1390. The van der Waals surface area contributed by atoms with Gasteiger partial charge in [-0.3, -0.25) is 4.79 Å². The van der Waals surface area contributed by atoms with Crippen molar-refractivity contribution < 1.29 is 0 Å². The lowest BCUT2D eigenvalue weighted by Crippen LogP contribution is -2.23. The monoisotopic (exact) mass is 443 g/mol. The molecule has 1 aliphatic heterocycles. The van der Waals surface area contributed by atoms with Gasteiger partial charge in [-0.25, -0.2) is 24.3 Å². The molecule has 2 N–H and O–H groups in total. The molecule has 0 bridgehead atoms. The minimum atomic E-state index is -0.202. The predicted octanol–water partition coefficient (Wildman–Crippen LogP) is 3.68. The van der Waals surface area contributed by atoms with Crippen LogP contribution in [-0.4, -0.2) is 30.9 Å². The highest BCUT2D eigenvalue weighted by Crippen LogP contribution is 2.25. The molecule has 1 aliphatic rings. The van der Waals surface area contributed by atoms with Crippen LogP contribution in [0, 0.1) is 0 Å². The normalized spacial score (nSPS) is 13.8.